The number of halogens is 2. The minimum atomic E-state index is -0.890. The highest BCUT2D eigenvalue weighted by atomic mass is 19.1. The Hall–Kier alpha value is -3.48. The van der Waals surface area contributed by atoms with E-state index in [-0.39, 0.29) is 23.8 Å². The van der Waals surface area contributed by atoms with Crippen molar-refractivity contribution in [2.24, 2.45) is 0 Å². The molecule has 1 aliphatic heterocycles. The lowest BCUT2D eigenvalue weighted by Crippen LogP contribution is -2.16. The largest absolute Gasteiger partial charge is 0.462 e. The number of carbonyl (C=O) groups is 2. The van der Waals surface area contributed by atoms with Gasteiger partial charge in [-0.2, -0.15) is 0 Å². The standard InChI is InChI=1S/C20H15F2NO4/c1-2-26-20(25)17-18(24)16(11-13-14(21)9-6-10-15(13)22)27-19(17)23-12-7-4-3-5-8-12/h3-11,23H,2H2,1H3. The Kier molecular flexibility index (Phi) is 5.30. The zero-order valence-electron chi connectivity index (χ0n) is 14.3. The second-order valence-electron chi connectivity index (χ2n) is 5.49. The lowest BCUT2D eigenvalue weighted by atomic mass is 10.1. The Bertz CT molecular complexity index is 931. The van der Waals surface area contributed by atoms with Gasteiger partial charge < -0.3 is 14.8 Å². The molecule has 3 rings (SSSR count). The molecule has 2 aromatic rings. The number of ether oxygens (including phenoxy) is 2. The first kappa shape index (κ1) is 18.3. The first-order valence-corrected chi connectivity index (χ1v) is 8.13. The van der Waals surface area contributed by atoms with E-state index in [1.54, 1.807) is 37.3 Å². The van der Waals surface area contributed by atoms with E-state index in [0.29, 0.717) is 5.69 Å². The van der Waals surface area contributed by atoms with Gasteiger partial charge in [-0.1, -0.05) is 24.3 Å². The number of anilines is 1. The average Bonchev–Trinajstić information content (AvgIpc) is 2.94. The zero-order chi connectivity index (χ0) is 19.4. The van der Waals surface area contributed by atoms with Gasteiger partial charge in [0.25, 0.3) is 0 Å². The Morgan fingerprint density at radius 1 is 1.11 bits per heavy atom. The van der Waals surface area contributed by atoms with E-state index in [4.69, 9.17) is 9.47 Å². The van der Waals surface area contributed by atoms with Crippen LogP contribution in [0, 0.1) is 11.6 Å². The molecular formula is C20H15F2NO4. The Morgan fingerprint density at radius 2 is 1.78 bits per heavy atom. The molecule has 0 amide bonds. The number of para-hydroxylation sites is 1. The van der Waals surface area contributed by atoms with E-state index in [9.17, 15) is 18.4 Å². The Balaban J connectivity index is 1.99. The van der Waals surface area contributed by atoms with Crippen molar-refractivity contribution in [3.63, 3.8) is 0 Å². The van der Waals surface area contributed by atoms with Crippen LogP contribution in [0.4, 0.5) is 14.5 Å². The molecule has 0 spiro atoms. The van der Waals surface area contributed by atoms with Crippen molar-refractivity contribution >= 4 is 23.5 Å². The topological polar surface area (TPSA) is 64.6 Å². The molecule has 1 heterocycles. The fourth-order valence-corrected chi connectivity index (χ4v) is 2.44. The molecule has 0 aromatic heterocycles. The van der Waals surface area contributed by atoms with Crippen LogP contribution in [-0.4, -0.2) is 18.4 Å². The number of benzene rings is 2. The number of ketones is 1. The van der Waals surface area contributed by atoms with Crippen molar-refractivity contribution in [2.75, 3.05) is 11.9 Å². The fourth-order valence-electron chi connectivity index (χ4n) is 2.44. The number of rotatable bonds is 5. The van der Waals surface area contributed by atoms with Gasteiger partial charge in [-0.25, -0.2) is 13.6 Å². The van der Waals surface area contributed by atoms with E-state index in [0.717, 1.165) is 18.2 Å². The molecule has 138 valence electrons. The number of nitrogens with one attached hydrogen (secondary N) is 1. The molecule has 0 radical (unpaired) electrons. The lowest BCUT2D eigenvalue weighted by Gasteiger charge is -2.08. The summed E-state index contributed by atoms with van der Waals surface area (Å²) in [5.74, 6) is -3.98. The highest BCUT2D eigenvalue weighted by molar-refractivity contribution is 6.26. The second-order valence-corrected chi connectivity index (χ2v) is 5.49. The number of esters is 1. The Morgan fingerprint density at radius 3 is 2.41 bits per heavy atom. The van der Waals surface area contributed by atoms with Crippen molar-refractivity contribution < 1.29 is 27.8 Å². The molecule has 0 atom stereocenters. The highest BCUT2D eigenvalue weighted by Gasteiger charge is 2.37. The predicted molar refractivity (Wildman–Crippen MR) is 94.2 cm³/mol. The molecule has 0 aliphatic carbocycles. The van der Waals surface area contributed by atoms with Crippen LogP contribution < -0.4 is 5.32 Å². The van der Waals surface area contributed by atoms with E-state index in [1.165, 1.54) is 6.07 Å². The van der Waals surface area contributed by atoms with Crippen LogP contribution in [0.2, 0.25) is 0 Å². The van der Waals surface area contributed by atoms with Gasteiger partial charge in [0.2, 0.25) is 11.7 Å². The van der Waals surface area contributed by atoms with Crippen molar-refractivity contribution in [1.82, 2.24) is 0 Å². The molecule has 0 fully saturated rings. The average molecular weight is 371 g/mol. The third-order valence-electron chi connectivity index (χ3n) is 3.68. The van der Waals surface area contributed by atoms with Crippen LogP contribution in [0.3, 0.4) is 0 Å². The first-order valence-electron chi connectivity index (χ1n) is 8.13. The van der Waals surface area contributed by atoms with Crippen molar-refractivity contribution in [1.29, 1.82) is 0 Å². The van der Waals surface area contributed by atoms with Crippen molar-refractivity contribution in [2.45, 2.75) is 6.92 Å². The van der Waals surface area contributed by atoms with Crippen LogP contribution in [0.15, 0.2) is 65.7 Å². The molecule has 1 N–H and O–H groups in total. The smallest absolute Gasteiger partial charge is 0.347 e. The summed E-state index contributed by atoms with van der Waals surface area (Å²) in [6, 6.07) is 12.0. The Labute approximate surface area is 153 Å². The lowest BCUT2D eigenvalue weighted by molar-refractivity contribution is -0.139. The number of hydrogen-bond donors (Lipinski definition) is 1. The maximum atomic E-state index is 13.9. The monoisotopic (exact) mass is 371 g/mol. The predicted octanol–water partition coefficient (Wildman–Crippen LogP) is 3.79. The van der Waals surface area contributed by atoms with Crippen LogP contribution in [0.5, 0.6) is 0 Å². The van der Waals surface area contributed by atoms with Crippen LogP contribution >= 0.6 is 0 Å². The van der Waals surface area contributed by atoms with E-state index < -0.39 is 29.0 Å². The third-order valence-corrected chi connectivity index (χ3v) is 3.68. The molecule has 5 nitrogen and oxygen atoms in total. The van der Waals surface area contributed by atoms with Gasteiger partial charge in [0, 0.05) is 11.3 Å². The van der Waals surface area contributed by atoms with Crippen LogP contribution in [0.1, 0.15) is 12.5 Å². The van der Waals surface area contributed by atoms with Gasteiger partial charge in [-0.15, -0.1) is 0 Å². The molecule has 0 unspecified atom stereocenters. The molecule has 2 aromatic carbocycles. The summed E-state index contributed by atoms with van der Waals surface area (Å²) in [4.78, 5) is 24.8. The summed E-state index contributed by atoms with van der Waals surface area (Å²) >= 11 is 0. The van der Waals surface area contributed by atoms with Gasteiger partial charge in [-0.3, -0.25) is 4.79 Å². The first-order chi connectivity index (χ1) is 13.0. The number of allylic oxidation sites excluding steroid dienone is 1. The molecule has 1 aliphatic rings. The van der Waals surface area contributed by atoms with E-state index >= 15 is 0 Å². The molecule has 0 bridgehead atoms. The third kappa shape index (κ3) is 3.87. The number of carbonyl (C=O) groups excluding carboxylic acids is 2. The quantitative estimate of drug-likeness (QED) is 0.492. The summed E-state index contributed by atoms with van der Waals surface area (Å²) in [6.07, 6.45) is 0.923. The summed E-state index contributed by atoms with van der Waals surface area (Å²) in [5, 5.41) is 2.81. The van der Waals surface area contributed by atoms with Gasteiger partial charge in [-0.05, 0) is 37.3 Å². The molecule has 0 saturated carbocycles. The van der Waals surface area contributed by atoms with Gasteiger partial charge in [0.1, 0.15) is 11.6 Å². The minimum absolute atomic E-state index is 0.0508. The maximum absolute atomic E-state index is 13.9. The van der Waals surface area contributed by atoms with Crippen molar-refractivity contribution in [3.8, 4) is 0 Å². The summed E-state index contributed by atoms with van der Waals surface area (Å²) in [6.45, 7) is 1.64. The molecule has 0 saturated heterocycles. The number of hydrogen-bond acceptors (Lipinski definition) is 5. The van der Waals surface area contributed by atoms with Gasteiger partial charge >= 0.3 is 5.97 Å². The summed E-state index contributed by atoms with van der Waals surface area (Å²) in [5.41, 5.74) is -0.255. The van der Waals surface area contributed by atoms with Gasteiger partial charge in [0.05, 0.1) is 6.61 Å². The second kappa shape index (κ2) is 7.82. The van der Waals surface area contributed by atoms with Crippen LogP contribution in [-0.2, 0) is 19.1 Å². The van der Waals surface area contributed by atoms with Gasteiger partial charge in [0.15, 0.2) is 11.3 Å². The normalized spacial score (nSPS) is 15.1. The summed E-state index contributed by atoms with van der Waals surface area (Å²) < 4.78 is 38.1. The maximum Gasteiger partial charge on any atom is 0.347 e. The minimum Gasteiger partial charge on any atom is -0.462 e. The molecular weight excluding hydrogens is 356 g/mol. The van der Waals surface area contributed by atoms with Crippen molar-refractivity contribution in [3.05, 3.63) is 82.9 Å². The molecule has 7 heteroatoms. The van der Waals surface area contributed by atoms with Crippen LogP contribution in [0.25, 0.3) is 6.08 Å². The fraction of sp³-hybridized carbons (Fsp3) is 0.100. The van der Waals surface area contributed by atoms with E-state index in [1.807, 2.05) is 0 Å². The van der Waals surface area contributed by atoms with E-state index in [2.05, 4.69) is 5.32 Å². The highest BCUT2D eigenvalue weighted by Crippen LogP contribution is 2.29. The SMILES string of the molecule is CCOC(=O)C1=C(Nc2ccccc2)OC(=Cc2c(F)cccc2F)C1=O. The molecule has 27 heavy (non-hydrogen) atoms. The zero-order valence-corrected chi connectivity index (χ0v) is 14.3. The summed E-state index contributed by atoms with van der Waals surface area (Å²) in [7, 11) is 0. The number of Topliss-reactive ketones (excluding diaryl/α,β-unsaturated/α-hetero) is 1.